The van der Waals surface area contributed by atoms with E-state index in [9.17, 15) is 9.90 Å². The Kier molecular flexibility index (Phi) is 1.44. The van der Waals surface area contributed by atoms with Crippen LogP contribution in [0, 0.1) is 23.7 Å². The summed E-state index contributed by atoms with van der Waals surface area (Å²) in [5.74, 6) is 2.23. The van der Waals surface area contributed by atoms with E-state index in [4.69, 9.17) is 0 Å². The van der Waals surface area contributed by atoms with Crippen LogP contribution < -0.4 is 0 Å². The van der Waals surface area contributed by atoms with Crippen LogP contribution in [0.1, 0.15) is 32.1 Å². The maximum absolute atomic E-state index is 11.0. The van der Waals surface area contributed by atoms with Crippen molar-refractivity contribution < 1.29 is 9.90 Å². The highest BCUT2D eigenvalue weighted by atomic mass is 16.3. The molecule has 4 fully saturated rings. The number of hydrogen-bond acceptors (Lipinski definition) is 2. The second-order valence-electron chi connectivity index (χ2n) is 5.31. The summed E-state index contributed by atoms with van der Waals surface area (Å²) in [6.45, 7) is 0. The summed E-state index contributed by atoms with van der Waals surface area (Å²) in [6.07, 6.45) is 6.59. The highest BCUT2D eigenvalue weighted by molar-refractivity contribution is 5.64. The second-order valence-corrected chi connectivity index (χ2v) is 5.31. The molecule has 0 saturated heterocycles. The first-order valence-corrected chi connectivity index (χ1v) is 5.41. The summed E-state index contributed by atoms with van der Waals surface area (Å²) in [5, 5.41) is 10.2. The normalized spacial score (nSPS) is 58.2. The Morgan fingerprint density at radius 2 is 1.46 bits per heavy atom. The largest absolute Gasteiger partial charge is 0.382 e. The Labute approximate surface area is 78.3 Å². The van der Waals surface area contributed by atoms with Crippen LogP contribution in [0.4, 0.5) is 0 Å². The molecular weight excluding hydrogens is 164 g/mol. The van der Waals surface area contributed by atoms with Gasteiger partial charge >= 0.3 is 0 Å². The lowest BCUT2D eigenvalue weighted by atomic mass is 9.50. The fourth-order valence-electron chi connectivity index (χ4n) is 4.13. The van der Waals surface area contributed by atoms with E-state index in [1.165, 1.54) is 6.42 Å². The Balaban J connectivity index is 1.97. The van der Waals surface area contributed by atoms with Gasteiger partial charge in [-0.05, 0) is 55.8 Å². The standard InChI is InChI=1S/C11H16O2/c12-6-11(13)9-2-7-1-8(4-9)5-10(11)3-7/h6-10,13H,1-5H2. The monoisotopic (exact) mass is 180 g/mol. The molecule has 13 heavy (non-hydrogen) atoms. The van der Waals surface area contributed by atoms with E-state index < -0.39 is 5.60 Å². The number of aldehydes is 1. The zero-order valence-electron chi connectivity index (χ0n) is 7.78. The molecule has 0 spiro atoms. The van der Waals surface area contributed by atoms with E-state index in [-0.39, 0.29) is 0 Å². The van der Waals surface area contributed by atoms with Gasteiger partial charge in [-0.1, -0.05) is 0 Å². The maximum atomic E-state index is 11.0. The second kappa shape index (κ2) is 2.35. The molecule has 0 atom stereocenters. The summed E-state index contributed by atoms with van der Waals surface area (Å²) in [6, 6.07) is 0. The van der Waals surface area contributed by atoms with Gasteiger partial charge < -0.3 is 9.90 Å². The Hall–Kier alpha value is -0.370. The molecule has 4 aliphatic carbocycles. The van der Waals surface area contributed by atoms with Gasteiger partial charge in [0.1, 0.15) is 5.60 Å². The van der Waals surface area contributed by atoms with Crippen LogP contribution >= 0.6 is 0 Å². The minimum Gasteiger partial charge on any atom is -0.382 e. The summed E-state index contributed by atoms with van der Waals surface area (Å²) in [4.78, 5) is 11.0. The zero-order valence-corrected chi connectivity index (χ0v) is 7.78. The van der Waals surface area contributed by atoms with Gasteiger partial charge in [0.2, 0.25) is 0 Å². The third kappa shape index (κ3) is 0.899. The van der Waals surface area contributed by atoms with Crippen LogP contribution in [0.5, 0.6) is 0 Å². The Bertz CT molecular complexity index is 218. The average Bonchev–Trinajstić information content (AvgIpc) is 2.13. The lowest BCUT2D eigenvalue weighted by molar-refractivity contribution is -0.174. The number of rotatable bonds is 1. The number of carbonyl (C=O) groups excluding carboxylic acids is 1. The topological polar surface area (TPSA) is 37.3 Å². The van der Waals surface area contributed by atoms with E-state index in [1.54, 1.807) is 0 Å². The van der Waals surface area contributed by atoms with E-state index in [0.717, 1.165) is 43.8 Å². The first kappa shape index (κ1) is 7.98. The van der Waals surface area contributed by atoms with Crippen LogP contribution in [0.2, 0.25) is 0 Å². The lowest BCUT2D eigenvalue weighted by Crippen LogP contribution is -2.58. The van der Waals surface area contributed by atoms with E-state index in [1.807, 2.05) is 0 Å². The minimum atomic E-state index is -0.937. The van der Waals surface area contributed by atoms with Gasteiger partial charge in [0.15, 0.2) is 6.29 Å². The fraction of sp³-hybridized carbons (Fsp3) is 0.909. The van der Waals surface area contributed by atoms with Gasteiger partial charge in [0.25, 0.3) is 0 Å². The molecule has 4 aliphatic rings. The molecule has 0 radical (unpaired) electrons. The molecule has 4 rings (SSSR count). The number of aliphatic hydroxyl groups is 1. The molecular formula is C11H16O2. The van der Waals surface area contributed by atoms with Crippen molar-refractivity contribution in [3.63, 3.8) is 0 Å². The minimum absolute atomic E-state index is 0.293. The van der Waals surface area contributed by atoms with Gasteiger partial charge in [0, 0.05) is 0 Å². The smallest absolute Gasteiger partial charge is 0.152 e. The summed E-state index contributed by atoms with van der Waals surface area (Å²) in [5.41, 5.74) is -0.937. The zero-order chi connectivity index (χ0) is 9.05. The molecule has 4 bridgehead atoms. The first-order valence-electron chi connectivity index (χ1n) is 5.41. The quantitative estimate of drug-likeness (QED) is 0.619. The molecule has 72 valence electrons. The lowest BCUT2D eigenvalue weighted by Gasteiger charge is -2.56. The predicted octanol–water partition coefficient (Wildman–Crippen LogP) is 1.37. The van der Waals surface area contributed by atoms with E-state index in [2.05, 4.69) is 0 Å². The third-order valence-corrected chi connectivity index (χ3v) is 4.63. The first-order chi connectivity index (χ1) is 6.22. The fourth-order valence-corrected chi connectivity index (χ4v) is 4.13. The Morgan fingerprint density at radius 1 is 1.00 bits per heavy atom. The number of carbonyl (C=O) groups is 1. The van der Waals surface area contributed by atoms with Crippen molar-refractivity contribution in [2.75, 3.05) is 0 Å². The average molecular weight is 180 g/mol. The third-order valence-electron chi connectivity index (χ3n) is 4.63. The van der Waals surface area contributed by atoms with Crippen molar-refractivity contribution in [3.8, 4) is 0 Å². The maximum Gasteiger partial charge on any atom is 0.152 e. The van der Waals surface area contributed by atoms with Crippen LogP contribution in [-0.2, 0) is 4.79 Å². The van der Waals surface area contributed by atoms with Crippen molar-refractivity contribution in [1.82, 2.24) is 0 Å². The van der Waals surface area contributed by atoms with Crippen LogP contribution in [0.3, 0.4) is 0 Å². The van der Waals surface area contributed by atoms with Gasteiger partial charge in [-0.2, -0.15) is 0 Å². The molecule has 4 saturated carbocycles. The van der Waals surface area contributed by atoms with Crippen molar-refractivity contribution in [3.05, 3.63) is 0 Å². The molecule has 2 nitrogen and oxygen atoms in total. The molecule has 0 heterocycles. The SMILES string of the molecule is O=CC1(O)C2CC3CC(C2)CC1C3. The van der Waals surface area contributed by atoms with E-state index >= 15 is 0 Å². The van der Waals surface area contributed by atoms with Crippen molar-refractivity contribution in [2.24, 2.45) is 23.7 Å². The summed E-state index contributed by atoms with van der Waals surface area (Å²) < 4.78 is 0. The van der Waals surface area contributed by atoms with Gasteiger partial charge in [-0.15, -0.1) is 0 Å². The molecule has 2 heteroatoms. The molecule has 0 aromatic heterocycles. The molecule has 0 aromatic carbocycles. The molecule has 1 N–H and O–H groups in total. The molecule has 0 aromatic rings. The molecule has 0 unspecified atom stereocenters. The van der Waals surface area contributed by atoms with Gasteiger partial charge in [0.05, 0.1) is 0 Å². The summed E-state index contributed by atoms with van der Waals surface area (Å²) in [7, 11) is 0. The number of hydrogen-bond donors (Lipinski definition) is 1. The van der Waals surface area contributed by atoms with Crippen LogP contribution in [0.25, 0.3) is 0 Å². The highest BCUT2D eigenvalue weighted by Gasteiger charge is 2.56. The van der Waals surface area contributed by atoms with Crippen molar-refractivity contribution in [2.45, 2.75) is 37.7 Å². The van der Waals surface area contributed by atoms with Crippen LogP contribution in [-0.4, -0.2) is 17.0 Å². The highest BCUT2D eigenvalue weighted by Crippen LogP contribution is 2.57. The van der Waals surface area contributed by atoms with Crippen LogP contribution in [0.15, 0.2) is 0 Å². The predicted molar refractivity (Wildman–Crippen MR) is 48.1 cm³/mol. The van der Waals surface area contributed by atoms with Crippen molar-refractivity contribution in [1.29, 1.82) is 0 Å². The van der Waals surface area contributed by atoms with Crippen molar-refractivity contribution >= 4 is 6.29 Å². The van der Waals surface area contributed by atoms with Gasteiger partial charge in [-0.25, -0.2) is 0 Å². The molecule has 0 aliphatic heterocycles. The Morgan fingerprint density at radius 3 is 1.85 bits per heavy atom. The summed E-state index contributed by atoms with van der Waals surface area (Å²) >= 11 is 0. The molecule has 0 amide bonds. The van der Waals surface area contributed by atoms with Gasteiger partial charge in [-0.3, -0.25) is 0 Å². The van der Waals surface area contributed by atoms with E-state index in [0.29, 0.717) is 11.8 Å².